The number of carbonyl (C=O) groups excluding carboxylic acids is 1. The molecule has 0 spiro atoms. The zero-order chi connectivity index (χ0) is 20.7. The number of rotatable bonds is 9. The van der Waals surface area contributed by atoms with Crippen molar-refractivity contribution in [2.45, 2.75) is 16.0 Å². The zero-order valence-corrected chi connectivity index (χ0v) is 18.1. The van der Waals surface area contributed by atoms with Crippen LogP contribution in [-0.4, -0.2) is 26.7 Å². The number of nitrogens with one attached hydrogen (secondary N) is 2. The van der Waals surface area contributed by atoms with E-state index in [1.165, 1.54) is 11.8 Å². The van der Waals surface area contributed by atoms with Gasteiger partial charge in [0.05, 0.1) is 12.4 Å². The normalized spacial score (nSPS) is 11.1. The first kappa shape index (κ1) is 21.2. The first-order valence-corrected chi connectivity index (χ1v) is 12.1. The van der Waals surface area contributed by atoms with Gasteiger partial charge in [0.15, 0.2) is 0 Å². The lowest BCUT2D eigenvalue weighted by atomic mass is 10.3. The Labute approximate surface area is 178 Å². The van der Waals surface area contributed by atoms with Gasteiger partial charge in [-0.1, -0.05) is 6.07 Å². The molecule has 1 amide bonds. The van der Waals surface area contributed by atoms with Gasteiger partial charge in [-0.2, -0.15) is 0 Å². The van der Waals surface area contributed by atoms with Crippen LogP contribution in [0.25, 0.3) is 0 Å². The molecule has 0 aliphatic carbocycles. The van der Waals surface area contributed by atoms with E-state index in [1.54, 1.807) is 53.9 Å². The van der Waals surface area contributed by atoms with Crippen LogP contribution in [0, 0.1) is 0 Å². The molecule has 0 saturated heterocycles. The number of sulfonamides is 1. The van der Waals surface area contributed by atoms with E-state index in [4.69, 9.17) is 4.74 Å². The molecule has 152 valence electrons. The first-order valence-electron chi connectivity index (χ1n) is 8.78. The van der Waals surface area contributed by atoms with Gasteiger partial charge in [-0.25, -0.2) is 8.42 Å². The van der Waals surface area contributed by atoms with Crippen LogP contribution in [0.2, 0.25) is 0 Å². The quantitative estimate of drug-likeness (QED) is 0.465. The summed E-state index contributed by atoms with van der Waals surface area (Å²) in [6.07, 6.45) is 0. The summed E-state index contributed by atoms with van der Waals surface area (Å²) in [5.74, 6) is 0.879. The number of hydrogen-bond acceptors (Lipinski definition) is 6. The molecule has 0 atom stereocenters. The topological polar surface area (TPSA) is 84.5 Å². The lowest BCUT2D eigenvalue weighted by molar-refractivity contribution is -0.113. The van der Waals surface area contributed by atoms with Crippen molar-refractivity contribution >= 4 is 50.4 Å². The molecule has 0 bridgehead atoms. The Hall–Kier alpha value is -2.49. The first-order chi connectivity index (χ1) is 14.0. The van der Waals surface area contributed by atoms with Crippen molar-refractivity contribution in [3.8, 4) is 5.75 Å². The van der Waals surface area contributed by atoms with Crippen molar-refractivity contribution in [1.82, 2.24) is 0 Å². The second kappa shape index (κ2) is 9.82. The van der Waals surface area contributed by atoms with Gasteiger partial charge < -0.3 is 10.1 Å². The highest BCUT2D eigenvalue weighted by Crippen LogP contribution is 2.24. The van der Waals surface area contributed by atoms with Crippen molar-refractivity contribution in [3.05, 3.63) is 66.0 Å². The van der Waals surface area contributed by atoms with Crippen molar-refractivity contribution in [1.29, 1.82) is 0 Å². The summed E-state index contributed by atoms with van der Waals surface area (Å²) in [4.78, 5) is 13.0. The molecule has 3 rings (SSSR count). The van der Waals surface area contributed by atoms with Gasteiger partial charge in [0.2, 0.25) is 5.91 Å². The van der Waals surface area contributed by atoms with Crippen molar-refractivity contribution in [2.75, 3.05) is 22.4 Å². The van der Waals surface area contributed by atoms with Crippen LogP contribution < -0.4 is 14.8 Å². The van der Waals surface area contributed by atoms with Crippen molar-refractivity contribution in [3.63, 3.8) is 0 Å². The van der Waals surface area contributed by atoms with E-state index in [1.807, 2.05) is 19.1 Å². The summed E-state index contributed by atoms with van der Waals surface area (Å²) in [6.45, 7) is 2.51. The highest BCUT2D eigenvalue weighted by atomic mass is 32.2. The minimum Gasteiger partial charge on any atom is -0.494 e. The SMILES string of the molecule is CCOc1ccc(NC(=O)CSc2ccc(NS(=O)(=O)c3cccs3)cc2)cc1. The molecule has 9 heteroatoms. The third-order valence-electron chi connectivity index (χ3n) is 3.69. The van der Waals surface area contributed by atoms with Gasteiger partial charge in [-0.3, -0.25) is 9.52 Å². The van der Waals surface area contributed by atoms with Crippen LogP contribution in [0.4, 0.5) is 11.4 Å². The number of thiophene rings is 1. The van der Waals surface area contributed by atoms with E-state index in [-0.39, 0.29) is 15.9 Å². The Morgan fingerprint density at radius 2 is 1.72 bits per heavy atom. The van der Waals surface area contributed by atoms with Gasteiger partial charge in [0.25, 0.3) is 10.0 Å². The van der Waals surface area contributed by atoms with Crippen LogP contribution in [-0.2, 0) is 14.8 Å². The number of hydrogen-bond donors (Lipinski definition) is 2. The van der Waals surface area contributed by atoms with E-state index >= 15 is 0 Å². The van der Waals surface area contributed by atoms with Crippen molar-refractivity contribution in [2.24, 2.45) is 0 Å². The Kier molecular flexibility index (Phi) is 7.18. The zero-order valence-electron chi connectivity index (χ0n) is 15.6. The van der Waals surface area contributed by atoms with Gasteiger partial charge in [0, 0.05) is 16.3 Å². The molecule has 2 N–H and O–H groups in total. The van der Waals surface area contributed by atoms with Crippen molar-refractivity contribution < 1.29 is 17.9 Å². The molecule has 3 aromatic rings. The smallest absolute Gasteiger partial charge is 0.271 e. The maximum Gasteiger partial charge on any atom is 0.271 e. The summed E-state index contributed by atoms with van der Waals surface area (Å²) < 4.78 is 32.6. The molecule has 6 nitrogen and oxygen atoms in total. The van der Waals surface area contributed by atoms with Crippen LogP contribution in [0.3, 0.4) is 0 Å². The third kappa shape index (κ3) is 6.25. The highest BCUT2D eigenvalue weighted by molar-refractivity contribution is 8.00. The predicted octanol–water partition coefficient (Wildman–Crippen LogP) is 4.68. The van der Waals surface area contributed by atoms with E-state index in [0.29, 0.717) is 18.0 Å². The standard InChI is InChI=1S/C20H20N2O4S3/c1-2-26-17-9-5-15(6-10-17)21-19(23)14-28-18-11-7-16(8-12-18)22-29(24,25)20-4-3-13-27-20/h3-13,22H,2,14H2,1H3,(H,21,23). The molecule has 1 heterocycles. The monoisotopic (exact) mass is 448 g/mol. The predicted molar refractivity (Wildman–Crippen MR) is 119 cm³/mol. The van der Waals surface area contributed by atoms with Crippen LogP contribution in [0.1, 0.15) is 6.92 Å². The summed E-state index contributed by atoms with van der Waals surface area (Å²) in [6, 6.07) is 17.4. The fraction of sp³-hybridized carbons (Fsp3) is 0.150. The fourth-order valence-electron chi connectivity index (χ4n) is 2.39. The number of benzene rings is 2. The van der Waals surface area contributed by atoms with Crippen LogP contribution >= 0.6 is 23.1 Å². The van der Waals surface area contributed by atoms with E-state index < -0.39 is 10.0 Å². The number of carbonyl (C=O) groups is 1. The Balaban J connectivity index is 1.50. The Morgan fingerprint density at radius 3 is 2.34 bits per heavy atom. The number of thioether (sulfide) groups is 1. The number of anilines is 2. The van der Waals surface area contributed by atoms with Gasteiger partial charge in [0.1, 0.15) is 9.96 Å². The fourth-order valence-corrected chi connectivity index (χ4v) is 5.14. The van der Waals surface area contributed by atoms with E-state index in [9.17, 15) is 13.2 Å². The molecule has 0 aliphatic heterocycles. The third-order valence-corrected chi connectivity index (χ3v) is 7.48. The molecule has 0 radical (unpaired) electrons. The van der Waals surface area contributed by atoms with Gasteiger partial charge in [-0.15, -0.1) is 23.1 Å². The van der Waals surface area contributed by atoms with E-state index in [2.05, 4.69) is 10.0 Å². The molecular formula is C20H20N2O4S3. The maximum atomic E-state index is 12.2. The summed E-state index contributed by atoms with van der Waals surface area (Å²) >= 11 is 2.53. The molecule has 0 aliphatic rings. The van der Waals surface area contributed by atoms with Crippen LogP contribution in [0.15, 0.2) is 75.1 Å². The van der Waals surface area contributed by atoms with E-state index in [0.717, 1.165) is 22.0 Å². The molecule has 2 aromatic carbocycles. The second-order valence-corrected chi connectivity index (χ2v) is 9.76. The average Bonchev–Trinajstić information content (AvgIpc) is 3.25. The Morgan fingerprint density at radius 1 is 1.03 bits per heavy atom. The average molecular weight is 449 g/mol. The Bertz CT molecular complexity index is 1030. The minimum atomic E-state index is -3.56. The summed E-state index contributed by atoms with van der Waals surface area (Å²) in [7, 11) is -3.56. The summed E-state index contributed by atoms with van der Waals surface area (Å²) in [5, 5.41) is 4.55. The van der Waals surface area contributed by atoms with Gasteiger partial charge >= 0.3 is 0 Å². The maximum absolute atomic E-state index is 12.2. The lowest BCUT2D eigenvalue weighted by Crippen LogP contribution is -2.14. The summed E-state index contributed by atoms with van der Waals surface area (Å²) in [5.41, 5.74) is 1.18. The molecule has 0 saturated carbocycles. The van der Waals surface area contributed by atoms with Gasteiger partial charge in [-0.05, 0) is 66.9 Å². The largest absolute Gasteiger partial charge is 0.494 e. The van der Waals surface area contributed by atoms with Crippen LogP contribution in [0.5, 0.6) is 5.75 Å². The molecule has 1 aromatic heterocycles. The lowest BCUT2D eigenvalue weighted by Gasteiger charge is -2.08. The minimum absolute atomic E-state index is 0.123. The molecule has 0 unspecified atom stereocenters. The molecular weight excluding hydrogens is 428 g/mol. The highest BCUT2D eigenvalue weighted by Gasteiger charge is 2.15. The second-order valence-electron chi connectivity index (χ2n) is 5.86. The molecule has 0 fully saturated rings. The number of amides is 1. The number of ether oxygens (including phenoxy) is 1. The molecule has 29 heavy (non-hydrogen) atoms.